The van der Waals surface area contributed by atoms with Crippen LogP contribution in [0.2, 0.25) is 0 Å². The minimum Gasteiger partial charge on any atom is -0.493 e. The summed E-state index contributed by atoms with van der Waals surface area (Å²) in [6, 6.07) is 3.25. The molecule has 0 bridgehead atoms. The van der Waals surface area contributed by atoms with Crippen molar-refractivity contribution in [1.29, 1.82) is 0 Å². The maximum atomic E-state index is 12.0. The average Bonchev–Trinajstić information content (AvgIpc) is 2.45. The number of carbonyl (C=O) groups excluding carboxylic acids is 1. The number of amides is 1. The Morgan fingerprint density at radius 1 is 1.16 bits per heavy atom. The Hall–Kier alpha value is -1.95. The number of aliphatic hydroxyl groups is 1. The highest BCUT2D eigenvalue weighted by Gasteiger charge is 2.20. The van der Waals surface area contributed by atoms with E-state index in [4.69, 9.17) is 19.3 Å². The molecule has 1 aromatic carbocycles. The van der Waals surface area contributed by atoms with Gasteiger partial charge in [0.1, 0.15) is 0 Å². The molecule has 0 radical (unpaired) electrons. The quantitative estimate of drug-likeness (QED) is 0.717. The van der Waals surface area contributed by atoms with Crippen molar-refractivity contribution in [2.24, 2.45) is 0 Å². The van der Waals surface area contributed by atoms with Gasteiger partial charge in [-0.2, -0.15) is 0 Å². The van der Waals surface area contributed by atoms with E-state index in [0.29, 0.717) is 35.8 Å². The van der Waals surface area contributed by atoms with Crippen molar-refractivity contribution in [3.63, 3.8) is 0 Å². The third-order valence-electron chi connectivity index (χ3n) is 2.57. The molecule has 1 rings (SSSR count). The summed E-state index contributed by atoms with van der Waals surface area (Å²) in [6.07, 6.45) is 0.501. The molecule has 2 N–H and O–H groups in total. The summed E-state index contributed by atoms with van der Waals surface area (Å²) in [6.45, 7) is 0.427. The van der Waals surface area contributed by atoms with E-state index in [1.807, 2.05) is 0 Å². The summed E-state index contributed by atoms with van der Waals surface area (Å²) in [5, 5.41) is 11.4. The molecule has 0 unspecified atom stereocenters. The fraction of sp³-hybridized carbons (Fsp3) is 0.462. The highest BCUT2D eigenvalue weighted by molar-refractivity contribution is 5.98. The van der Waals surface area contributed by atoms with Crippen LogP contribution >= 0.6 is 0 Å². The lowest BCUT2D eigenvalue weighted by Gasteiger charge is -2.15. The summed E-state index contributed by atoms with van der Waals surface area (Å²) in [5.41, 5.74) is 0.359. The van der Waals surface area contributed by atoms with E-state index in [-0.39, 0.29) is 12.5 Å². The zero-order valence-corrected chi connectivity index (χ0v) is 11.4. The normalized spacial score (nSPS) is 9.89. The van der Waals surface area contributed by atoms with Crippen molar-refractivity contribution in [1.82, 2.24) is 5.32 Å². The summed E-state index contributed by atoms with van der Waals surface area (Å²) in [5.74, 6) is 0.903. The molecular formula is C13H19NO5. The highest BCUT2D eigenvalue weighted by atomic mass is 16.5. The van der Waals surface area contributed by atoms with Crippen molar-refractivity contribution in [3.05, 3.63) is 17.7 Å². The van der Waals surface area contributed by atoms with E-state index >= 15 is 0 Å². The molecule has 0 aliphatic rings. The van der Waals surface area contributed by atoms with Gasteiger partial charge < -0.3 is 24.6 Å². The predicted octanol–water partition coefficient (Wildman–Crippen LogP) is 0.825. The Balaban J connectivity index is 3.03. The van der Waals surface area contributed by atoms with Gasteiger partial charge in [-0.15, -0.1) is 0 Å². The van der Waals surface area contributed by atoms with Crippen LogP contribution in [0, 0.1) is 0 Å². The summed E-state index contributed by atoms with van der Waals surface area (Å²) < 4.78 is 15.6. The maximum absolute atomic E-state index is 12.0. The molecule has 0 fully saturated rings. The second-order valence-corrected chi connectivity index (χ2v) is 3.71. The molecule has 1 aromatic rings. The van der Waals surface area contributed by atoms with Crippen LogP contribution < -0.4 is 19.5 Å². The second-order valence-electron chi connectivity index (χ2n) is 3.71. The van der Waals surface area contributed by atoms with Crippen molar-refractivity contribution in [3.8, 4) is 17.2 Å². The van der Waals surface area contributed by atoms with Crippen molar-refractivity contribution in [2.75, 3.05) is 34.5 Å². The summed E-state index contributed by atoms with van der Waals surface area (Å²) >= 11 is 0. The van der Waals surface area contributed by atoms with Crippen LogP contribution in [0.4, 0.5) is 0 Å². The number of methoxy groups -OCH3 is 3. The summed E-state index contributed by atoms with van der Waals surface area (Å²) in [7, 11) is 4.45. The van der Waals surface area contributed by atoms with Gasteiger partial charge in [0.05, 0.1) is 26.9 Å². The van der Waals surface area contributed by atoms with Crippen molar-refractivity contribution >= 4 is 5.91 Å². The number of nitrogens with one attached hydrogen (secondary N) is 1. The fourth-order valence-electron chi connectivity index (χ4n) is 1.66. The van der Waals surface area contributed by atoms with Crippen LogP contribution in [0.5, 0.6) is 17.2 Å². The van der Waals surface area contributed by atoms with Gasteiger partial charge in [0, 0.05) is 13.2 Å². The molecule has 106 valence electrons. The number of ether oxygens (including phenoxy) is 3. The van der Waals surface area contributed by atoms with E-state index in [1.54, 1.807) is 12.1 Å². The number of rotatable bonds is 7. The molecule has 0 spiro atoms. The molecule has 6 heteroatoms. The molecule has 0 saturated heterocycles. The first-order valence-electron chi connectivity index (χ1n) is 5.87. The van der Waals surface area contributed by atoms with Gasteiger partial charge in [0.25, 0.3) is 5.91 Å². The van der Waals surface area contributed by atoms with Gasteiger partial charge in [0.2, 0.25) is 5.75 Å². The lowest BCUT2D eigenvalue weighted by Crippen LogP contribution is -2.25. The van der Waals surface area contributed by atoms with E-state index in [2.05, 4.69) is 5.32 Å². The highest BCUT2D eigenvalue weighted by Crippen LogP contribution is 2.39. The molecule has 0 aromatic heterocycles. The molecule has 0 saturated carbocycles. The third-order valence-corrected chi connectivity index (χ3v) is 2.57. The van der Waals surface area contributed by atoms with Crippen LogP contribution in [-0.4, -0.2) is 45.5 Å². The summed E-state index contributed by atoms with van der Waals surface area (Å²) in [4.78, 5) is 12.0. The number of carbonyl (C=O) groups is 1. The largest absolute Gasteiger partial charge is 0.493 e. The monoisotopic (exact) mass is 269 g/mol. The first-order chi connectivity index (χ1) is 9.19. The molecule has 6 nitrogen and oxygen atoms in total. The number of aliphatic hydroxyl groups excluding tert-OH is 1. The number of hydrogen-bond acceptors (Lipinski definition) is 5. The molecule has 0 atom stereocenters. The fourth-order valence-corrected chi connectivity index (χ4v) is 1.66. The minimum absolute atomic E-state index is 0.0311. The minimum atomic E-state index is -0.286. The number of benzene rings is 1. The first-order valence-corrected chi connectivity index (χ1v) is 5.87. The van der Waals surface area contributed by atoms with E-state index in [0.717, 1.165) is 0 Å². The Kier molecular flexibility index (Phi) is 5.95. The van der Waals surface area contributed by atoms with Gasteiger partial charge in [-0.25, -0.2) is 0 Å². The predicted molar refractivity (Wildman–Crippen MR) is 70.1 cm³/mol. The number of hydrogen-bond donors (Lipinski definition) is 2. The molecule has 0 heterocycles. The van der Waals surface area contributed by atoms with Crippen molar-refractivity contribution in [2.45, 2.75) is 6.42 Å². The molecule has 0 aliphatic carbocycles. The van der Waals surface area contributed by atoms with Gasteiger partial charge in [-0.05, 0) is 18.6 Å². The zero-order valence-electron chi connectivity index (χ0n) is 11.4. The maximum Gasteiger partial charge on any atom is 0.255 e. The Labute approximate surface area is 112 Å². The standard InChI is InChI=1S/C13H19NO5/c1-17-10-6-5-9(11(18-2)12(10)19-3)13(16)14-7-4-8-15/h5-6,15H,4,7-8H2,1-3H3,(H,14,16). The Morgan fingerprint density at radius 2 is 1.84 bits per heavy atom. The zero-order chi connectivity index (χ0) is 14.3. The van der Waals surface area contributed by atoms with Crippen LogP contribution in [0.3, 0.4) is 0 Å². The van der Waals surface area contributed by atoms with Gasteiger partial charge in [-0.3, -0.25) is 4.79 Å². The molecule has 0 aliphatic heterocycles. The van der Waals surface area contributed by atoms with E-state index in [9.17, 15) is 4.79 Å². The smallest absolute Gasteiger partial charge is 0.255 e. The molecule has 19 heavy (non-hydrogen) atoms. The van der Waals surface area contributed by atoms with Crippen LogP contribution in [-0.2, 0) is 0 Å². The second kappa shape index (κ2) is 7.48. The lowest BCUT2D eigenvalue weighted by molar-refractivity contribution is 0.0947. The van der Waals surface area contributed by atoms with Crippen molar-refractivity contribution < 1.29 is 24.1 Å². The Bertz CT molecular complexity index is 433. The third kappa shape index (κ3) is 3.51. The topological polar surface area (TPSA) is 77.0 Å². The lowest BCUT2D eigenvalue weighted by atomic mass is 10.1. The SMILES string of the molecule is COc1ccc(C(=O)NCCCO)c(OC)c1OC. The molecular weight excluding hydrogens is 250 g/mol. The van der Waals surface area contributed by atoms with Crippen LogP contribution in [0.1, 0.15) is 16.8 Å². The van der Waals surface area contributed by atoms with E-state index < -0.39 is 0 Å². The van der Waals surface area contributed by atoms with Crippen LogP contribution in [0.15, 0.2) is 12.1 Å². The average molecular weight is 269 g/mol. The first kappa shape index (κ1) is 15.1. The van der Waals surface area contributed by atoms with Gasteiger partial charge in [0.15, 0.2) is 11.5 Å². The van der Waals surface area contributed by atoms with Gasteiger partial charge in [-0.1, -0.05) is 0 Å². The Morgan fingerprint density at radius 3 is 2.37 bits per heavy atom. The molecule has 1 amide bonds. The van der Waals surface area contributed by atoms with Gasteiger partial charge >= 0.3 is 0 Å². The van der Waals surface area contributed by atoms with Crippen LogP contribution in [0.25, 0.3) is 0 Å². The van der Waals surface area contributed by atoms with E-state index in [1.165, 1.54) is 21.3 Å².